The Morgan fingerprint density at radius 2 is 1.71 bits per heavy atom. The normalized spacial score (nSPS) is 20.7. The number of nitrogens with zero attached hydrogens (tertiary/aromatic N) is 2. The third-order valence-corrected chi connectivity index (χ3v) is 6.04. The number of hydrogen-bond donors (Lipinski definition) is 0. The number of rotatable bonds is 3. The molecule has 0 aliphatic carbocycles. The van der Waals surface area contributed by atoms with Crippen LogP contribution < -0.4 is 4.74 Å². The second-order valence-electron chi connectivity index (χ2n) is 8.22. The molecule has 2 aromatic carbocycles. The van der Waals surface area contributed by atoms with Gasteiger partial charge in [0.2, 0.25) is 0 Å². The molecule has 2 aliphatic heterocycles. The van der Waals surface area contributed by atoms with E-state index in [9.17, 15) is 14.4 Å². The van der Waals surface area contributed by atoms with Gasteiger partial charge in [-0.05, 0) is 43.2 Å². The molecule has 1 fully saturated rings. The number of carbonyl (C=O) groups is 3. The third-order valence-electron chi connectivity index (χ3n) is 6.04. The molecule has 2 amide bonds. The summed E-state index contributed by atoms with van der Waals surface area (Å²) in [5, 5.41) is 0. The molecule has 7 heteroatoms. The van der Waals surface area contributed by atoms with Gasteiger partial charge in [0.15, 0.2) is 5.60 Å². The molecular formula is C24H26N2O5. The van der Waals surface area contributed by atoms with Crippen LogP contribution in [0, 0.1) is 6.92 Å². The largest absolute Gasteiger partial charge is 0.496 e. The lowest BCUT2D eigenvalue weighted by molar-refractivity contribution is -0.152. The van der Waals surface area contributed by atoms with Crippen molar-refractivity contribution in [2.45, 2.75) is 25.9 Å². The number of hydrogen-bond acceptors (Lipinski definition) is 5. The zero-order chi connectivity index (χ0) is 22.2. The summed E-state index contributed by atoms with van der Waals surface area (Å²) in [5.74, 6) is -0.110. The number of amides is 2. The predicted molar refractivity (Wildman–Crippen MR) is 114 cm³/mol. The van der Waals surface area contributed by atoms with Gasteiger partial charge < -0.3 is 19.3 Å². The Morgan fingerprint density at radius 1 is 1.03 bits per heavy atom. The van der Waals surface area contributed by atoms with Crippen LogP contribution in [-0.4, -0.2) is 66.5 Å². The van der Waals surface area contributed by atoms with E-state index in [0.29, 0.717) is 49.5 Å². The molecule has 0 saturated carbocycles. The summed E-state index contributed by atoms with van der Waals surface area (Å²) < 4.78 is 10.9. The van der Waals surface area contributed by atoms with E-state index in [4.69, 9.17) is 9.47 Å². The van der Waals surface area contributed by atoms with Gasteiger partial charge in [0.25, 0.3) is 11.8 Å². The number of cyclic esters (lactones) is 1. The highest BCUT2D eigenvalue weighted by atomic mass is 16.6. The van der Waals surface area contributed by atoms with E-state index in [1.54, 1.807) is 48.1 Å². The second-order valence-corrected chi connectivity index (χ2v) is 8.22. The maximum Gasteiger partial charge on any atom is 0.339 e. The highest BCUT2D eigenvalue weighted by Gasteiger charge is 2.45. The molecule has 1 saturated heterocycles. The molecule has 0 aromatic heterocycles. The lowest BCUT2D eigenvalue weighted by Crippen LogP contribution is -2.58. The highest BCUT2D eigenvalue weighted by Crippen LogP contribution is 2.30. The summed E-state index contributed by atoms with van der Waals surface area (Å²) in [6.45, 7) is 5.21. The number of esters is 1. The fourth-order valence-electron chi connectivity index (χ4n) is 4.23. The molecule has 31 heavy (non-hydrogen) atoms. The van der Waals surface area contributed by atoms with Crippen LogP contribution in [0.3, 0.4) is 0 Å². The smallest absolute Gasteiger partial charge is 0.339 e. The van der Waals surface area contributed by atoms with Crippen LogP contribution in [-0.2, 0) is 16.0 Å². The lowest BCUT2D eigenvalue weighted by atomic mass is 9.88. The van der Waals surface area contributed by atoms with E-state index in [1.807, 2.05) is 25.1 Å². The van der Waals surface area contributed by atoms with Crippen molar-refractivity contribution in [2.24, 2.45) is 0 Å². The molecule has 162 valence electrons. The number of methoxy groups -OCH3 is 1. The van der Waals surface area contributed by atoms with E-state index in [2.05, 4.69) is 0 Å². The summed E-state index contributed by atoms with van der Waals surface area (Å²) in [6, 6.07) is 12.6. The maximum atomic E-state index is 13.2. The maximum absolute atomic E-state index is 13.2. The fourth-order valence-corrected chi connectivity index (χ4v) is 4.23. The van der Waals surface area contributed by atoms with E-state index in [0.717, 1.165) is 11.1 Å². The predicted octanol–water partition coefficient (Wildman–Crippen LogP) is 2.46. The number of fused-ring (bicyclic) bond motifs is 1. The topological polar surface area (TPSA) is 76.2 Å². The van der Waals surface area contributed by atoms with Crippen molar-refractivity contribution >= 4 is 17.8 Å². The van der Waals surface area contributed by atoms with Crippen molar-refractivity contribution in [3.63, 3.8) is 0 Å². The zero-order valence-corrected chi connectivity index (χ0v) is 18.0. The average molecular weight is 422 g/mol. The Hall–Kier alpha value is -3.35. The van der Waals surface area contributed by atoms with Gasteiger partial charge in [0.1, 0.15) is 5.75 Å². The van der Waals surface area contributed by atoms with E-state index in [-0.39, 0.29) is 11.8 Å². The Bertz CT molecular complexity index is 1040. The van der Waals surface area contributed by atoms with Crippen molar-refractivity contribution in [2.75, 3.05) is 33.3 Å². The number of ether oxygens (including phenoxy) is 2. The molecule has 0 N–H and O–H groups in total. The van der Waals surface area contributed by atoms with Gasteiger partial charge in [-0.2, -0.15) is 0 Å². The first-order valence-corrected chi connectivity index (χ1v) is 10.4. The van der Waals surface area contributed by atoms with Crippen molar-refractivity contribution in [3.05, 3.63) is 64.7 Å². The first-order chi connectivity index (χ1) is 14.8. The Kier molecular flexibility index (Phi) is 5.43. The van der Waals surface area contributed by atoms with Crippen LogP contribution in [0.2, 0.25) is 0 Å². The quantitative estimate of drug-likeness (QED) is 0.711. The molecule has 0 spiro atoms. The summed E-state index contributed by atoms with van der Waals surface area (Å²) in [5.41, 5.74) is 1.62. The molecule has 2 aliphatic rings. The monoisotopic (exact) mass is 422 g/mol. The molecule has 2 heterocycles. The minimum atomic E-state index is -1.23. The summed E-state index contributed by atoms with van der Waals surface area (Å²) in [4.78, 5) is 41.9. The molecule has 2 aromatic rings. The average Bonchev–Trinajstić information content (AvgIpc) is 2.78. The number of carbonyl (C=O) groups excluding carboxylic acids is 3. The van der Waals surface area contributed by atoms with Gasteiger partial charge >= 0.3 is 5.97 Å². The molecule has 0 radical (unpaired) electrons. The standard InChI is InChI=1S/C24H26N2O5/c1-16-8-9-17(14-20(16)30-3)21(27)25-10-12-26(13-11-25)23(29)24(2)15-18-6-4-5-7-19(18)22(28)31-24/h4-9,14H,10-13,15H2,1-3H3. The van der Waals surface area contributed by atoms with Gasteiger partial charge in [-0.3, -0.25) is 9.59 Å². The van der Waals surface area contributed by atoms with Gasteiger partial charge in [-0.15, -0.1) is 0 Å². The van der Waals surface area contributed by atoms with Crippen LogP contribution in [0.15, 0.2) is 42.5 Å². The zero-order valence-electron chi connectivity index (χ0n) is 18.0. The third kappa shape index (κ3) is 3.87. The second kappa shape index (κ2) is 8.06. The Labute approximate surface area is 181 Å². The van der Waals surface area contributed by atoms with Gasteiger partial charge in [0, 0.05) is 38.2 Å². The van der Waals surface area contributed by atoms with Crippen molar-refractivity contribution in [3.8, 4) is 5.75 Å². The number of aryl methyl sites for hydroxylation is 1. The molecule has 1 unspecified atom stereocenters. The molecule has 7 nitrogen and oxygen atoms in total. The van der Waals surface area contributed by atoms with Crippen LogP contribution >= 0.6 is 0 Å². The molecule has 0 bridgehead atoms. The first-order valence-electron chi connectivity index (χ1n) is 10.4. The van der Waals surface area contributed by atoms with Crippen molar-refractivity contribution in [1.29, 1.82) is 0 Å². The summed E-state index contributed by atoms with van der Waals surface area (Å²) >= 11 is 0. The fraction of sp³-hybridized carbons (Fsp3) is 0.375. The Balaban J connectivity index is 1.42. The minimum Gasteiger partial charge on any atom is -0.496 e. The van der Waals surface area contributed by atoms with Crippen molar-refractivity contribution in [1.82, 2.24) is 9.80 Å². The van der Waals surface area contributed by atoms with Crippen LogP contribution in [0.25, 0.3) is 0 Å². The summed E-state index contributed by atoms with van der Waals surface area (Å²) in [6.07, 6.45) is 0.343. The Morgan fingerprint density at radius 3 is 2.42 bits per heavy atom. The number of benzene rings is 2. The lowest BCUT2D eigenvalue weighted by Gasteiger charge is -2.40. The molecule has 4 rings (SSSR count). The summed E-state index contributed by atoms with van der Waals surface area (Å²) in [7, 11) is 1.58. The minimum absolute atomic E-state index is 0.0883. The van der Waals surface area contributed by atoms with Crippen LogP contribution in [0.1, 0.15) is 38.8 Å². The van der Waals surface area contributed by atoms with Gasteiger partial charge in [-0.25, -0.2) is 4.79 Å². The highest BCUT2D eigenvalue weighted by molar-refractivity contribution is 5.98. The molecule has 1 atom stereocenters. The van der Waals surface area contributed by atoms with E-state index in [1.165, 1.54) is 0 Å². The van der Waals surface area contributed by atoms with E-state index >= 15 is 0 Å². The molecular weight excluding hydrogens is 396 g/mol. The first kappa shape index (κ1) is 20.9. The van der Waals surface area contributed by atoms with E-state index < -0.39 is 11.6 Å². The van der Waals surface area contributed by atoms with Gasteiger partial charge in [0.05, 0.1) is 12.7 Å². The SMILES string of the molecule is COc1cc(C(=O)N2CCN(C(=O)C3(C)Cc4ccccc4C(=O)O3)CC2)ccc1C. The van der Waals surface area contributed by atoms with Gasteiger partial charge in [-0.1, -0.05) is 24.3 Å². The van der Waals surface area contributed by atoms with Crippen LogP contribution in [0.4, 0.5) is 0 Å². The van der Waals surface area contributed by atoms with Crippen molar-refractivity contribution < 1.29 is 23.9 Å². The number of piperazine rings is 1. The van der Waals surface area contributed by atoms with Crippen LogP contribution in [0.5, 0.6) is 5.75 Å².